The number of rotatable bonds is 4. The first-order valence-corrected chi connectivity index (χ1v) is 9.24. The number of unbranched alkanes of at least 4 members (excludes halogenated alkanes) is 2. The van der Waals surface area contributed by atoms with E-state index in [1.54, 1.807) is 0 Å². The van der Waals surface area contributed by atoms with Crippen molar-refractivity contribution in [1.29, 1.82) is 0 Å². The highest BCUT2D eigenvalue weighted by atomic mass is 16.5. The van der Waals surface area contributed by atoms with Crippen LogP contribution in [0.5, 0.6) is 11.5 Å². The molecular weight excluding hydrogens is 300 g/mol. The van der Waals surface area contributed by atoms with Crippen LogP contribution in [-0.2, 0) is 6.42 Å². The molecule has 1 unspecified atom stereocenters. The van der Waals surface area contributed by atoms with E-state index < -0.39 is 6.10 Å². The number of aromatic hydroxyl groups is 1. The highest BCUT2D eigenvalue weighted by Crippen LogP contribution is 2.53. The molecule has 24 heavy (non-hydrogen) atoms. The second-order valence-corrected chi connectivity index (χ2v) is 7.98. The van der Waals surface area contributed by atoms with Gasteiger partial charge in [-0.05, 0) is 63.3 Å². The van der Waals surface area contributed by atoms with E-state index in [1.807, 2.05) is 13.0 Å². The van der Waals surface area contributed by atoms with Gasteiger partial charge in [-0.2, -0.15) is 0 Å². The Labute approximate surface area is 145 Å². The average Bonchev–Trinajstić information content (AvgIpc) is 2.49. The standard InChI is InChI=1S/C21H30O3/c1-5-6-7-8-14-10-18(23)20-15-9-13(2)17(22)12-16(15)21(3,4)24-19(20)11-14/h9-11,15-17,22-23H,5-8,12H2,1-4H3/t15-,16?,17-/m1/s1. The third-order valence-electron chi connectivity index (χ3n) is 5.73. The van der Waals surface area contributed by atoms with E-state index in [1.165, 1.54) is 12.8 Å². The molecule has 0 fully saturated rings. The van der Waals surface area contributed by atoms with Gasteiger partial charge in [-0.3, -0.25) is 0 Å². The largest absolute Gasteiger partial charge is 0.507 e. The molecule has 2 N–H and O–H groups in total. The van der Waals surface area contributed by atoms with Crippen LogP contribution in [0.3, 0.4) is 0 Å². The van der Waals surface area contributed by atoms with Crippen molar-refractivity contribution < 1.29 is 14.9 Å². The lowest BCUT2D eigenvalue weighted by molar-refractivity contribution is -0.00919. The van der Waals surface area contributed by atoms with Crippen molar-refractivity contribution in [3.8, 4) is 11.5 Å². The monoisotopic (exact) mass is 330 g/mol. The molecule has 2 aliphatic rings. The van der Waals surface area contributed by atoms with Gasteiger partial charge in [-0.25, -0.2) is 0 Å². The molecule has 0 saturated heterocycles. The first-order chi connectivity index (χ1) is 11.3. The summed E-state index contributed by atoms with van der Waals surface area (Å²) >= 11 is 0. The van der Waals surface area contributed by atoms with E-state index in [2.05, 4.69) is 32.9 Å². The average molecular weight is 330 g/mol. The molecule has 3 heteroatoms. The van der Waals surface area contributed by atoms with Crippen LogP contribution in [0.15, 0.2) is 23.8 Å². The van der Waals surface area contributed by atoms with Crippen LogP contribution >= 0.6 is 0 Å². The Kier molecular flexibility index (Phi) is 4.65. The number of ether oxygens (including phenoxy) is 1. The van der Waals surface area contributed by atoms with Gasteiger partial charge < -0.3 is 14.9 Å². The summed E-state index contributed by atoms with van der Waals surface area (Å²) in [5.41, 5.74) is 2.67. The van der Waals surface area contributed by atoms with Gasteiger partial charge in [0.05, 0.1) is 6.10 Å². The molecule has 0 spiro atoms. The first-order valence-electron chi connectivity index (χ1n) is 9.24. The highest BCUT2D eigenvalue weighted by molar-refractivity contribution is 5.54. The molecule has 0 radical (unpaired) electrons. The Balaban J connectivity index is 2.00. The predicted octanol–water partition coefficient (Wildman–Crippen LogP) is 4.71. The summed E-state index contributed by atoms with van der Waals surface area (Å²) in [5, 5.41) is 20.9. The summed E-state index contributed by atoms with van der Waals surface area (Å²) in [5.74, 6) is 1.43. The van der Waals surface area contributed by atoms with Crippen molar-refractivity contribution >= 4 is 0 Å². The lowest BCUT2D eigenvalue weighted by atomic mass is 9.67. The first kappa shape index (κ1) is 17.3. The van der Waals surface area contributed by atoms with Gasteiger partial charge in [0.15, 0.2) is 0 Å². The Morgan fingerprint density at radius 3 is 2.71 bits per heavy atom. The van der Waals surface area contributed by atoms with E-state index in [-0.39, 0.29) is 17.4 Å². The Morgan fingerprint density at radius 2 is 2.00 bits per heavy atom. The van der Waals surface area contributed by atoms with E-state index in [0.29, 0.717) is 12.2 Å². The minimum Gasteiger partial charge on any atom is -0.507 e. The van der Waals surface area contributed by atoms with Gasteiger partial charge in [0.1, 0.15) is 17.1 Å². The van der Waals surface area contributed by atoms with Gasteiger partial charge in [-0.1, -0.05) is 25.8 Å². The van der Waals surface area contributed by atoms with Gasteiger partial charge >= 0.3 is 0 Å². The summed E-state index contributed by atoms with van der Waals surface area (Å²) in [6, 6.07) is 4.01. The van der Waals surface area contributed by atoms with Crippen molar-refractivity contribution in [2.75, 3.05) is 0 Å². The third kappa shape index (κ3) is 3.06. The lowest BCUT2D eigenvalue weighted by Gasteiger charge is -2.47. The van der Waals surface area contributed by atoms with Crippen LogP contribution < -0.4 is 4.74 Å². The van der Waals surface area contributed by atoms with Crippen molar-refractivity contribution in [2.24, 2.45) is 5.92 Å². The third-order valence-corrected chi connectivity index (χ3v) is 5.73. The van der Waals surface area contributed by atoms with Gasteiger partial charge in [0, 0.05) is 17.4 Å². The number of fused-ring (bicyclic) bond motifs is 3. The van der Waals surface area contributed by atoms with Crippen molar-refractivity contribution in [3.05, 3.63) is 34.9 Å². The Hall–Kier alpha value is -1.48. The van der Waals surface area contributed by atoms with Crippen molar-refractivity contribution in [2.45, 2.75) is 77.4 Å². The molecule has 1 aliphatic carbocycles. The second kappa shape index (κ2) is 6.44. The molecule has 1 aromatic rings. The molecule has 0 aromatic heterocycles. The maximum absolute atomic E-state index is 10.7. The maximum atomic E-state index is 10.7. The Bertz CT molecular complexity index is 645. The molecular formula is C21H30O3. The molecule has 0 bridgehead atoms. The van der Waals surface area contributed by atoms with Crippen LogP contribution in [0.1, 0.15) is 70.4 Å². The molecule has 1 heterocycles. The van der Waals surface area contributed by atoms with E-state index in [4.69, 9.17) is 4.74 Å². The zero-order valence-corrected chi connectivity index (χ0v) is 15.3. The quantitative estimate of drug-likeness (QED) is 0.621. The number of hydrogen-bond donors (Lipinski definition) is 2. The fourth-order valence-corrected chi connectivity index (χ4v) is 4.25. The van der Waals surface area contributed by atoms with Gasteiger partial charge in [0.2, 0.25) is 0 Å². The SMILES string of the molecule is CCCCCc1cc(O)c2c(c1)OC(C)(C)C1C[C@@H](O)C(C)=C[C@@H]21. The van der Waals surface area contributed by atoms with Crippen molar-refractivity contribution in [3.63, 3.8) is 0 Å². The summed E-state index contributed by atoms with van der Waals surface area (Å²) in [6.45, 7) is 8.35. The van der Waals surface area contributed by atoms with Crippen molar-refractivity contribution in [1.82, 2.24) is 0 Å². The number of hydrogen-bond acceptors (Lipinski definition) is 3. The van der Waals surface area contributed by atoms with Gasteiger partial charge in [-0.15, -0.1) is 0 Å². The zero-order chi connectivity index (χ0) is 17.5. The van der Waals surface area contributed by atoms with Crippen LogP contribution in [0.4, 0.5) is 0 Å². The second-order valence-electron chi connectivity index (χ2n) is 7.98. The fourth-order valence-electron chi connectivity index (χ4n) is 4.25. The smallest absolute Gasteiger partial charge is 0.127 e. The molecule has 3 nitrogen and oxygen atoms in total. The number of aliphatic hydroxyl groups excluding tert-OH is 1. The van der Waals surface area contributed by atoms with E-state index >= 15 is 0 Å². The zero-order valence-electron chi connectivity index (χ0n) is 15.3. The number of allylic oxidation sites excluding steroid dienone is 1. The molecule has 3 rings (SSSR count). The molecule has 0 saturated carbocycles. The highest BCUT2D eigenvalue weighted by Gasteiger charge is 2.47. The van der Waals surface area contributed by atoms with Gasteiger partial charge in [0.25, 0.3) is 0 Å². The summed E-state index contributed by atoms with van der Waals surface area (Å²) in [6.07, 6.45) is 6.89. The minimum atomic E-state index is -0.411. The summed E-state index contributed by atoms with van der Waals surface area (Å²) in [7, 11) is 0. The minimum absolute atomic E-state index is 0.108. The number of benzene rings is 1. The van der Waals surface area contributed by atoms with Crippen LogP contribution in [0.25, 0.3) is 0 Å². The maximum Gasteiger partial charge on any atom is 0.127 e. The van der Waals surface area contributed by atoms with Crippen LogP contribution in [0.2, 0.25) is 0 Å². The molecule has 1 aromatic carbocycles. The fraction of sp³-hybridized carbons (Fsp3) is 0.619. The molecule has 132 valence electrons. The number of phenolic OH excluding ortho intramolecular Hbond substituents is 1. The molecule has 1 aliphatic heterocycles. The normalized spacial score (nSPS) is 27.7. The van der Waals surface area contributed by atoms with Crippen LogP contribution in [0, 0.1) is 5.92 Å². The van der Waals surface area contributed by atoms with Crippen LogP contribution in [-0.4, -0.2) is 21.9 Å². The number of aryl methyl sites for hydroxylation is 1. The molecule has 0 amide bonds. The van der Waals surface area contributed by atoms with E-state index in [0.717, 1.165) is 35.3 Å². The summed E-state index contributed by atoms with van der Waals surface area (Å²) in [4.78, 5) is 0. The topological polar surface area (TPSA) is 49.7 Å². The predicted molar refractivity (Wildman–Crippen MR) is 96.7 cm³/mol. The number of aliphatic hydroxyl groups is 1. The number of phenols is 1. The Morgan fingerprint density at radius 1 is 1.25 bits per heavy atom. The molecule has 3 atom stereocenters. The van der Waals surface area contributed by atoms with E-state index in [9.17, 15) is 10.2 Å². The lowest BCUT2D eigenvalue weighted by Crippen LogP contribution is -2.47. The summed E-state index contributed by atoms with van der Waals surface area (Å²) < 4.78 is 6.30.